The molecule has 0 saturated heterocycles. The minimum absolute atomic E-state index is 0.184. The number of alkyl halides is 1. The van der Waals surface area contributed by atoms with Crippen LogP contribution < -0.4 is 0 Å². The van der Waals surface area contributed by atoms with Crippen LogP contribution in [-0.4, -0.2) is 0 Å². The van der Waals surface area contributed by atoms with Gasteiger partial charge in [0.05, 0.1) is 5.38 Å². The molecule has 1 heterocycles. The maximum atomic E-state index is 6.63. The van der Waals surface area contributed by atoms with Crippen molar-refractivity contribution in [3.63, 3.8) is 0 Å². The van der Waals surface area contributed by atoms with Gasteiger partial charge in [0.15, 0.2) is 0 Å². The van der Waals surface area contributed by atoms with E-state index in [4.69, 9.17) is 34.8 Å². The molecule has 1 aliphatic carbocycles. The highest BCUT2D eigenvalue weighted by Crippen LogP contribution is 2.40. The summed E-state index contributed by atoms with van der Waals surface area (Å²) in [7, 11) is 0. The molecule has 0 aliphatic heterocycles. The first kappa shape index (κ1) is 14.7. The third kappa shape index (κ3) is 3.01. The van der Waals surface area contributed by atoms with Gasteiger partial charge in [0, 0.05) is 19.8 Å². The van der Waals surface area contributed by atoms with E-state index in [0.717, 1.165) is 5.56 Å². The van der Waals surface area contributed by atoms with Crippen LogP contribution in [0.1, 0.15) is 45.5 Å². The molecule has 0 bridgehead atoms. The average molecular weight is 346 g/mol. The molecule has 3 rings (SSSR count). The third-order valence-electron chi connectivity index (χ3n) is 3.75. The molecular weight excluding hydrogens is 331 g/mol. The molecule has 2 aromatic rings. The first-order chi connectivity index (χ1) is 9.65. The van der Waals surface area contributed by atoms with Crippen LogP contribution >= 0.6 is 46.1 Å². The average Bonchev–Trinajstić information content (AvgIpc) is 2.69. The Balaban J connectivity index is 1.92. The van der Waals surface area contributed by atoms with E-state index in [2.05, 4.69) is 6.07 Å². The highest BCUT2D eigenvalue weighted by atomic mass is 35.5. The Morgan fingerprint density at radius 1 is 1.00 bits per heavy atom. The molecule has 20 heavy (non-hydrogen) atoms. The maximum Gasteiger partial charge on any atom is 0.0942 e. The van der Waals surface area contributed by atoms with Gasteiger partial charge in [-0.25, -0.2) is 0 Å². The fourth-order valence-corrected chi connectivity index (χ4v) is 4.89. The largest absolute Gasteiger partial charge is 0.143 e. The van der Waals surface area contributed by atoms with Crippen LogP contribution in [0, 0.1) is 0 Å². The van der Waals surface area contributed by atoms with Gasteiger partial charge in [-0.15, -0.1) is 22.9 Å². The van der Waals surface area contributed by atoms with Gasteiger partial charge in [0.1, 0.15) is 0 Å². The number of aryl methyl sites for hydroxylation is 2. The lowest BCUT2D eigenvalue weighted by Crippen LogP contribution is -1.91. The van der Waals surface area contributed by atoms with Gasteiger partial charge < -0.3 is 0 Å². The summed E-state index contributed by atoms with van der Waals surface area (Å²) in [4.78, 5) is 2.70. The summed E-state index contributed by atoms with van der Waals surface area (Å²) in [6, 6.07) is 7.80. The van der Waals surface area contributed by atoms with Gasteiger partial charge in [-0.05, 0) is 55.0 Å². The highest BCUT2D eigenvalue weighted by molar-refractivity contribution is 7.12. The summed E-state index contributed by atoms with van der Waals surface area (Å²) >= 11 is 20.7. The van der Waals surface area contributed by atoms with E-state index >= 15 is 0 Å². The first-order valence-electron chi connectivity index (χ1n) is 6.85. The number of fused-ring (bicyclic) bond motifs is 1. The molecule has 4 heteroatoms. The van der Waals surface area contributed by atoms with Gasteiger partial charge in [-0.3, -0.25) is 0 Å². The second-order valence-electron chi connectivity index (χ2n) is 5.19. The molecular formula is C16H15Cl3S. The Hall–Kier alpha value is -0.210. The third-order valence-corrected chi connectivity index (χ3v) is 6.21. The van der Waals surface area contributed by atoms with Gasteiger partial charge in [-0.2, -0.15) is 0 Å². The summed E-state index contributed by atoms with van der Waals surface area (Å²) in [5, 5.41) is 1.10. The minimum Gasteiger partial charge on any atom is -0.143 e. The lowest BCUT2D eigenvalue weighted by Gasteiger charge is -2.10. The lowest BCUT2D eigenvalue weighted by atomic mass is 10.1. The van der Waals surface area contributed by atoms with Crippen LogP contribution in [0.5, 0.6) is 0 Å². The van der Waals surface area contributed by atoms with Crippen LogP contribution in [0.25, 0.3) is 0 Å². The molecule has 1 aromatic carbocycles. The molecule has 0 saturated carbocycles. The van der Waals surface area contributed by atoms with Gasteiger partial charge in [0.25, 0.3) is 0 Å². The minimum atomic E-state index is -0.184. The van der Waals surface area contributed by atoms with Crippen molar-refractivity contribution in [2.24, 2.45) is 0 Å². The Labute approximate surface area is 138 Å². The smallest absolute Gasteiger partial charge is 0.0942 e. The summed E-state index contributed by atoms with van der Waals surface area (Å²) in [5.74, 6) is 0. The fraction of sp³-hybridized carbons (Fsp3) is 0.375. The maximum absolute atomic E-state index is 6.63. The van der Waals surface area contributed by atoms with Crippen LogP contribution in [0.4, 0.5) is 0 Å². The van der Waals surface area contributed by atoms with E-state index in [0.29, 0.717) is 10.0 Å². The second-order valence-corrected chi connectivity index (χ2v) is 7.63. The monoisotopic (exact) mass is 344 g/mol. The molecule has 106 valence electrons. The Morgan fingerprint density at radius 3 is 2.60 bits per heavy atom. The van der Waals surface area contributed by atoms with Gasteiger partial charge >= 0.3 is 0 Å². The lowest BCUT2D eigenvalue weighted by molar-refractivity contribution is 0.712. The molecule has 0 radical (unpaired) electrons. The summed E-state index contributed by atoms with van der Waals surface area (Å²) in [6.07, 6.45) is 6.30. The molecule has 0 spiro atoms. The zero-order valence-electron chi connectivity index (χ0n) is 11.0. The SMILES string of the molecule is Clc1ccc(C(Cl)c2cc3c(s2)CCCCC3)c(Cl)c1. The quantitative estimate of drug-likeness (QED) is 0.422. The van der Waals surface area contributed by atoms with Crippen molar-refractivity contribution in [3.8, 4) is 0 Å². The number of rotatable bonds is 2. The number of hydrogen-bond acceptors (Lipinski definition) is 1. The van der Waals surface area contributed by atoms with Crippen molar-refractivity contribution in [1.82, 2.24) is 0 Å². The number of halogens is 3. The number of hydrogen-bond donors (Lipinski definition) is 0. The van der Waals surface area contributed by atoms with Crippen molar-refractivity contribution in [2.75, 3.05) is 0 Å². The molecule has 0 fully saturated rings. The Kier molecular flexibility index (Phi) is 4.62. The Morgan fingerprint density at radius 2 is 1.80 bits per heavy atom. The van der Waals surface area contributed by atoms with Crippen molar-refractivity contribution >= 4 is 46.1 Å². The molecule has 1 aliphatic rings. The summed E-state index contributed by atoms with van der Waals surface area (Å²) in [5.41, 5.74) is 2.42. The summed E-state index contributed by atoms with van der Waals surface area (Å²) in [6.45, 7) is 0. The van der Waals surface area contributed by atoms with Crippen molar-refractivity contribution in [3.05, 3.63) is 55.2 Å². The van der Waals surface area contributed by atoms with E-state index in [1.54, 1.807) is 6.07 Å². The fourth-order valence-electron chi connectivity index (χ4n) is 2.68. The van der Waals surface area contributed by atoms with E-state index in [1.165, 1.54) is 47.4 Å². The van der Waals surface area contributed by atoms with Crippen LogP contribution in [0.15, 0.2) is 24.3 Å². The zero-order valence-corrected chi connectivity index (χ0v) is 14.0. The van der Waals surface area contributed by atoms with Crippen LogP contribution in [0.3, 0.4) is 0 Å². The van der Waals surface area contributed by atoms with Gasteiger partial charge in [-0.1, -0.05) is 35.7 Å². The van der Waals surface area contributed by atoms with Crippen molar-refractivity contribution in [2.45, 2.75) is 37.5 Å². The number of thiophene rings is 1. The predicted molar refractivity (Wildman–Crippen MR) is 89.7 cm³/mol. The number of benzene rings is 1. The predicted octanol–water partition coefficient (Wildman–Crippen LogP) is 6.65. The van der Waals surface area contributed by atoms with Crippen LogP contribution in [-0.2, 0) is 12.8 Å². The Bertz CT molecular complexity index is 595. The molecule has 1 atom stereocenters. The van der Waals surface area contributed by atoms with E-state index in [1.807, 2.05) is 23.5 Å². The molecule has 0 N–H and O–H groups in total. The topological polar surface area (TPSA) is 0 Å². The molecule has 0 amide bonds. The van der Waals surface area contributed by atoms with Crippen molar-refractivity contribution < 1.29 is 0 Å². The summed E-state index contributed by atoms with van der Waals surface area (Å²) < 4.78 is 0. The van der Waals surface area contributed by atoms with Crippen molar-refractivity contribution in [1.29, 1.82) is 0 Å². The van der Waals surface area contributed by atoms with Gasteiger partial charge in [0.2, 0.25) is 0 Å². The van der Waals surface area contributed by atoms with E-state index in [9.17, 15) is 0 Å². The first-order valence-corrected chi connectivity index (χ1v) is 8.86. The normalized spacial score (nSPS) is 16.6. The van der Waals surface area contributed by atoms with Crippen LogP contribution in [0.2, 0.25) is 10.0 Å². The van der Waals surface area contributed by atoms with E-state index < -0.39 is 0 Å². The standard InChI is InChI=1S/C16H15Cl3S/c17-11-6-7-12(13(18)9-11)16(19)15-8-10-4-2-1-3-5-14(10)20-15/h6-9,16H,1-5H2. The molecule has 0 nitrogen and oxygen atoms in total. The molecule has 1 unspecified atom stereocenters. The van der Waals surface area contributed by atoms with E-state index in [-0.39, 0.29) is 5.38 Å². The molecule has 1 aromatic heterocycles. The second kappa shape index (κ2) is 6.27. The zero-order chi connectivity index (χ0) is 14.1. The highest BCUT2D eigenvalue weighted by Gasteiger charge is 2.20.